The third-order valence-corrected chi connectivity index (χ3v) is 7.50. The van der Waals surface area contributed by atoms with Gasteiger partial charge in [0.2, 0.25) is 21.7 Å². The van der Waals surface area contributed by atoms with E-state index in [1.807, 2.05) is 6.07 Å². The van der Waals surface area contributed by atoms with Gasteiger partial charge in [0.1, 0.15) is 17.2 Å². The van der Waals surface area contributed by atoms with Crippen molar-refractivity contribution in [3.8, 4) is 28.6 Å². The Labute approximate surface area is 187 Å². The molecule has 4 rings (SSSR count). The maximum absolute atomic E-state index is 13.0. The molecule has 0 bridgehead atoms. The molecule has 10 heteroatoms. The van der Waals surface area contributed by atoms with E-state index >= 15 is 0 Å². The first kappa shape index (κ1) is 22.1. The minimum absolute atomic E-state index is 0.0113. The molecule has 170 valence electrons. The van der Waals surface area contributed by atoms with Crippen molar-refractivity contribution >= 4 is 10.0 Å². The number of benzene rings is 2. The lowest BCUT2D eigenvalue weighted by Crippen LogP contribution is -2.37. The molecule has 1 saturated heterocycles. The SMILES string of the molecule is COc1ccc(S(=O)(=O)N2CCC(c3nc(-c4ccc(OC)cc4OC)no3)CC2)cc1. The van der Waals surface area contributed by atoms with E-state index in [9.17, 15) is 8.42 Å². The average molecular weight is 460 g/mol. The zero-order chi connectivity index (χ0) is 22.7. The molecular weight excluding hydrogens is 434 g/mol. The fraction of sp³-hybridized carbons (Fsp3) is 0.364. The second-order valence-electron chi connectivity index (χ2n) is 7.38. The summed E-state index contributed by atoms with van der Waals surface area (Å²) in [7, 11) is 1.13. The topological polar surface area (TPSA) is 104 Å². The maximum atomic E-state index is 13.0. The molecule has 0 atom stereocenters. The van der Waals surface area contributed by atoms with Crippen LogP contribution in [0.1, 0.15) is 24.7 Å². The Morgan fingerprint density at radius 2 is 1.59 bits per heavy atom. The molecule has 0 unspecified atom stereocenters. The fourth-order valence-corrected chi connectivity index (χ4v) is 5.20. The Morgan fingerprint density at radius 1 is 0.938 bits per heavy atom. The minimum atomic E-state index is -3.56. The van der Waals surface area contributed by atoms with Crippen LogP contribution in [-0.4, -0.2) is 57.3 Å². The van der Waals surface area contributed by atoms with Gasteiger partial charge in [0, 0.05) is 25.1 Å². The van der Waals surface area contributed by atoms with E-state index in [1.54, 1.807) is 57.7 Å². The van der Waals surface area contributed by atoms with Gasteiger partial charge in [-0.3, -0.25) is 0 Å². The van der Waals surface area contributed by atoms with Crippen LogP contribution >= 0.6 is 0 Å². The number of sulfonamides is 1. The Balaban J connectivity index is 1.46. The molecule has 1 fully saturated rings. The van der Waals surface area contributed by atoms with E-state index in [-0.39, 0.29) is 10.8 Å². The van der Waals surface area contributed by atoms with Crippen molar-refractivity contribution in [3.05, 3.63) is 48.4 Å². The summed E-state index contributed by atoms with van der Waals surface area (Å²) in [5.74, 6) is 2.77. The molecule has 1 aliphatic heterocycles. The molecule has 1 aliphatic rings. The quantitative estimate of drug-likeness (QED) is 0.530. The predicted octanol–water partition coefficient (Wildman–Crippen LogP) is 3.33. The molecule has 9 nitrogen and oxygen atoms in total. The number of ether oxygens (including phenoxy) is 3. The standard InChI is InChI=1S/C22H25N3O6S/c1-28-16-4-7-18(8-5-16)32(26,27)25-12-10-15(11-13-25)22-23-21(24-31-22)19-9-6-17(29-2)14-20(19)30-3/h4-9,14-15H,10-13H2,1-3H3. The highest BCUT2D eigenvalue weighted by Gasteiger charge is 2.32. The lowest BCUT2D eigenvalue weighted by molar-refractivity contribution is 0.270. The molecule has 0 N–H and O–H groups in total. The number of piperidine rings is 1. The maximum Gasteiger partial charge on any atom is 0.243 e. The van der Waals surface area contributed by atoms with Crippen LogP contribution in [0.3, 0.4) is 0 Å². The highest BCUT2D eigenvalue weighted by molar-refractivity contribution is 7.89. The van der Waals surface area contributed by atoms with Crippen LogP contribution in [0.2, 0.25) is 0 Å². The molecule has 2 aromatic carbocycles. The van der Waals surface area contributed by atoms with Crippen molar-refractivity contribution in [2.24, 2.45) is 0 Å². The summed E-state index contributed by atoms with van der Waals surface area (Å²) in [5.41, 5.74) is 0.697. The van der Waals surface area contributed by atoms with Gasteiger partial charge < -0.3 is 18.7 Å². The second-order valence-corrected chi connectivity index (χ2v) is 9.31. The Morgan fingerprint density at radius 3 is 2.22 bits per heavy atom. The Hall–Kier alpha value is -3.11. The van der Waals surface area contributed by atoms with Gasteiger partial charge in [-0.15, -0.1) is 0 Å². The van der Waals surface area contributed by atoms with Crippen LogP contribution < -0.4 is 14.2 Å². The van der Waals surface area contributed by atoms with Crippen LogP contribution in [0, 0.1) is 0 Å². The average Bonchev–Trinajstić information content (AvgIpc) is 3.33. The highest BCUT2D eigenvalue weighted by Crippen LogP contribution is 2.34. The zero-order valence-electron chi connectivity index (χ0n) is 18.1. The van der Waals surface area contributed by atoms with Gasteiger partial charge >= 0.3 is 0 Å². The van der Waals surface area contributed by atoms with Gasteiger partial charge in [-0.05, 0) is 49.2 Å². The summed E-state index contributed by atoms with van der Waals surface area (Å²) in [6.07, 6.45) is 1.19. The van der Waals surface area contributed by atoms with Gasteiger partial charge in [-0.25, -0.2) is 8.42 Å². The number of rotatable bonds is 7. The van der Waals surface area contributed by atoms with Crippen molar-refractivity contribution in [2.45, 2.75) is 23.7 Å². The van der Waals surface area contributed by atoms with E-state index in [1.165, 1.54) is 4.31 Å². The largest absolute Gasteiger partial charge is 0.497 e. The number of methoxy groups -OCH3 is 3. The van der Waals surface area contributed by atoms with Crippen molar-refractivity contribution in [2.75, 3.05) is 34.4 Å². The van der Waals surface area contributed by atoms with E-state index in [2.05, 4.69) is 10.1 Å². The summed E-state index contributed by atoms with van der Waals surface area (Å²) < 4.78 is 48.7. The third kappa shape index (κ3) is 4.28. The van der Waals surface area contributed by atoms with Crippen LogP contribution in [0.25, 0.3) is 11.4 Å². The molecule has 1 aromatic heterocycles. The Kier molecular flexibility index (Phi) is 6.33. The van der Waals surface area contributed by atoms with Crippen molar-refractivity contribution in [1.82, 2.24) is 14.4 Å². The number of hydrogen-bond donors (Lipinski definition) is 0. The first-order valence-corrected chi connectivity index (χ1v) is 11.6. The molecule has 32 heavy (non-hydrogen) atoms. The van der Waals surface area contributed by atoms with E-state index in [0.717, 1.165) is 0 Å². The molecule has 0 saturated carbocycles. The summed E-state index contributed by atoms with van der Waals surface area (Å²) in [4.78, 5) is 4.81. The van der Waals surface area contributed by atoms with E-state index in [0.29, 0.717) is 60.5 Å². The molecular formula is C22H25N3O6S. The van der Waals surface area contributed by atoms with Gasteiger partial charge in [-0.1, -0.05) is 5.16 Å². The smallest absolute Gasteiger partial charge is 0.243 e. The molecule has 2 heterocycles. The normalized spacial score (nSPS) is 15.5. The molecule has 0 radical (unpaired) electrons. The van der Waals surface area contributed by atoms with Crippen LogP contribution in [0.4, 0.5) is 0 Å². The van der Waals surface area contributed by atoms with Gasteiger partial charge in [0.15, 0.2) is 0 Å². The van der Waals surface area contributed by atoms with Gasteiger partial charge in [0.25, 0.3) is 0 Å². The Bertz CT molecular complexity index is 1170. The third-order valence-electron chi connectivity index (χ3n) is 5.59. The number of hydrogen-bond acceptors (Lipinski definition) is 8. The number of aromatic nitrogens is 2. The highest BCUT2D eigenvalue weighted by atomic mass is 32.2. The summed E-state index contributed by atoms with van der Waals surface area (Å²) in [5, 5.41) is 4.11. The monoisotopic (exact) mass is 459 g/mol. The van der Waals surface area contributed by atoms with Crippen LogP contribution in [0.15, 0.2) is 51.9 Å². The minimum Gasteiger partial charge on any atom is -0.497 e. The first-order valence-electron chi connectivity index (χ1n) is 10.2. The van der Waals surface area contributed by atoms with Crippen molar-refractivity contribution < 1.29 is 27.2 Å². The molecule has 0 amide bonds. The van der Waals surface area contributed by atoms with Crippen LogP contribution in [0.5, 0.6) is 17.2 Å². The fourth-order valence-electron chi connectivity index (χ4n) is 3.73. The van der Waals surface area contributed by atoms with Gasteiger partial charge in [-0.2, -0.15) is 9.29 Å². The molecule has 0 spiro atoms. The van der Waals surface area contributed by atoms with E-state index < -0.39 is 10.0 Å². The second kappa shape index (κ2) is 9.17. The molecule has 0 aliphatic carbocycles. The van der Waals surface area contributed by atoms with Crippen molar-refractivity contribution in [1.29, 1.82) is 0 Å². The van der Waals surface area contributed by atoms with Crippen molar-refractivity contribution in [3.63, 3.8) is 0 Å². The first-order chi connectivity index (χ1) is 15.5. The van der Waals surface area contributed by atoms with Crippen LogP contribution in [-0.2, 0) is 10.0 Å². The zero-order valence-corrected chi connectivity index (χ0v) is 19.0. The lowest BCUT2D eigenvalue weighted by Gasteiger charge is -2.29. The summed E-state index contributed by atoms with van der Waals surface area (Å²) in [6.45, 7) is 0.755. The number of nitrogens with zero attached hydrogens (tertiary/aromatic N) is 3. The lowest BCUT2D eigenvalue weighted by atomic mass is 9.98. The predicted molar refractivity (Wildman–Crippen MR) is 117 cm³/mol. The van der Waals surface area contributed by atoms with E-state index in [4.69, 9.17) is 18.7 Å². The van der Waals surface area contributed by atoms with Gasteiger partial charge in [0.05, 0.1) is 31.8 Å². The summed E-state index contributed by atoms with van der Waals surface area (Å²) in [6, 6.07) is 11.8. The summed E-state index contributed by atoms with van der Waals surface area (Å²) >= 11 is 0. The molecule has 3 aromatic rings.